The maximum absolute atomic E-state index is 6.21. The van der Waals surface area contributed by atoms with Crippen LogP contribution >= 0.6 is 0 Å². The van der Waals surface area contributed by atoms with Crippen LogP contribution in [0.5, 0.6) is 0 Å². The zero-order valence-corrected chi connectivity index (χ0v) is 19.1. The Labute approximate surface area is 153 Å². The minimum absolute atomic E-state index is 0.396. The van der Waals surface area contributed by atoms with Gasteiger partial charge in [-0.25, -0.2) is 0 Å². The van der Waals surface area contributed by atoms with E-state index in [-0.39, 0.29) is 0 Å². The molecule has 0 aliphatic heterocycles. The normalized spacial score (nSPS) is 13.5. The van der Waals surface area contributed by atoms with Crippen molar-refractivity contribution in [3.63, 3.8) is 0 Å². The molecule has 0 aliphatic carbocycles. The lowest BCUT2D eigenvalue weighted by Gasteiger charge is -2.43. The molecule has 0 saturated carbocycles. The van der Waals surface area contributed by atoms with E-state index in [2.05, 4.69) is 70.8 Å². The maximum Gasteiger partial charge on any atom is 0.192 e. The Hall–Kier alpha value is 0.0569. The van der Waals surface area contributed by atoms with Gasteiger partial charge in [-0.15, -0.1) is 0 Å². The maximum atomic E-state index is 6.21. The van der Waals surface area contributed by atoms with E-state index in [4.69, 9.17) is 4.43 Å². The highest BCUT2D eigenvalue weighted by Crippen LogP contribution is 2.42. The molecule has 0 rings (SSSR count). The van der Waals surface area contributed by atoms with Crippen molar-refractivity contribution < 1.29 is 4.43 Å². The summed E-state index contributed by atoms with van der Waals surface area (Å²) in [6.07, 6.45) is 3.83. The molecule has 0 spiro atoms. The van der Waals surface area contributed by atoms with E-state index in [1.54, 1.807) is 0 Å². The van der Waals surface area contributed by atoms with E-state index >= 15 is 0 Å². The molecule has 0 atom stereocenters. The first-order valence-corrected chi connectivity index (χ1v) is 12.2. The first kappa shape index (κ1) is 24.1. The standard InChI is InChI=1S/C19H45N3OSi/c1-10-24(11-2,23-9)18-19(12-15-20(3)4,13-16-21(5)6)14-17-22(7)8/h10-18H2,1-9H3. The van der Waals surface area contributed by atoms with Crippen LogP contribution in [-0.2, 0) is 4.43 Å². The summed E-state index contributed by atoms with van der Waals surface area (Å²) in [6, 6.07) is 3.76. The van der Waals surface area contributed by atoms with E-state index < -0.39 is 8.32 Å². The van der Waals surface area contributed by atoms with Crippen molar-refractivity contribution in [2.75, 3.05) is 69.0 Å². The third-order valence-corrected chi connectivity index (χ3v) is 10.5. The van der Waals surface area contributed by atoms with Crippen molar-refractivity contribution in [1.29, 1.82) is 0 Å². The van der Waals surface area contributed by atoms with Crippen LogP contribution in [0.25, 0.3) is 0 Å². The SMILES string of the molecule is CC[Si](CC)(CC(CCN(C)C)(CCN(C)C)CCN(C)C)OC. The van der Waals surface area contributed by atoms with Gasteiger partial charge in [-0.05, 0) is 105 Å². The quantitative estimate of drug-likeness (QED) is 0.442. The highest BCUT2D eigenvalue weighted by molar-refractivity contribution is 6.73. The molecule has 0 unspecified atom stereocenters. The molecule has 0 heterocycles. The van der Waals surface area contributed by atoms with Crippen LogP contribution in [0.15, 0.2) is 0 Å². The average molecular weight is 360 g/mol. The lowest BCUT2D eigenvalue weighted by Crippen LogP contribution is -2.44. The van der Waals surface area contributed by atoms with Gasteiger partial charge in [0.25, 0.3) is 0 Å². The van der Waals surface area contributed by atoms with Crippen LogP contribution in [0.4, 0.5) is 0 Å². The van der Waals surface area contributed by atoms with Gasteiger partial charge >= 0.3 is 0 Å². The fourth-order valence-electron chi connectivity index (χ4n) is 3.57. The molecule has 0 aromatic heterocycles. The largest absolute Gasteiger partial charge is 0.420 e. The van der Waals surface area contributed by atoms with Gasteiger partial charge in [0.15, 0.2) is 8.32 Å². The minimum Gasteiger partial charge on any atom is -0.420 e. The van der Waals surface area contributed by atoms with Crippen molar-refractivity contribution in [1.82, 2.24) is 14.7 Å². The summed E-state index contributed by atoms with van der Waals surface area (Å²) in [6.45, 7) is 8.19. The Balaban J connectivity index is 5.47. The number of nitrogens with zero attached hydrogens (tertiary/aromatic N) is 3. The smallest absolute Gasteiger partial charge is 0.192 e. The molecule has 5 heteroatoms. The predicted octanol–water partition coefficient (Wildman–Crippen LogP) is 3.46. The molecular weight excluding hydrogens is 314 g/mol. The summed E-state index contributed by atoms with van der Waals surface area (Å²) in [5, 5.41) is 0. The first-order valence-electron chi connectivity index (χ1n) is 9.63. The van der Waals surface area contributed by atoms with E-state index in [1.807, 2.05) is 7.11 Å². The Morgan fingerprint density at radius 1 is 0.708 bits per heavy atom. The number of rotatable bonds is 14. The predicted molar refractivity (Wildman–Crippen MR) is 110 cm³/mol. The molecule has 0 saturated heterocycles. The summed E-state index contributed by atoms with van der Waals surface area (Å²) in [5.41, 5.74) is 0.396. The minimum atomic E-state index is -1.62. The molecule has 0 N–H and O–H groups in total. The molecule has 0 fully saturated rings. The zero-order chi connectivity index (χ0) is 18.8. The molecule has 0 aromatic rings. The summed E-state index contributed by atoms with van der Waals surface area (Å²) in [5.74, 6) is 0. The van der Waals surface area contributed by atoms with Crippen LogP contribution in [0.2, 0.25) is 18.1 Å². The second-order valence-electron chi connectivity index (χ2n) is 8.43. The third kappa shape index (κ3) is 8.95. The molecule has 0 bridgehead atoms. The van der Waals surface area contributed by atoms with Gasteiger partial charge in [0.1, 0.15) is 0 Å². The lowest BCUT2D eigenvalue weighted by atomic mass is 9.79. The summed E-state index contributed by atoms with van der Waals surface area (Å²) in [4.78, 5) is 7.02. The topological polar surface area (TPSA) is 19.0 Å². The summed E-state index contributed by atoms with van der Waals surface area (Å²) in [7, 11) is 13.5. The first-order chi connectivity index (χ1) is 11.1. The molecule has 0 aliphatic rings. The van der Waals surface area contributed by atoms with Gasteiger partial charge < -0.3 is 19.1 Å². The fourth-order valence-corrected chi connectivity index (χ4v) is 7.19. The van der Waals surface area contributed by atoms with E-state index in [0.29, 0.717) is 5.41 Å². The molecule has 0 aromatic carbocycles. The highest BCUT2D eigenvalue weighted by Gasteiger charge is 2.41. The monoisotopic (exact) mass is 359 g/mol. The molecule has 146 valence electrons. The third-order valence-electron chi connectivity index (χ3n) is 5.69. The van der Waals surface area contributed by atoms with Crippen LogP contribution in [-0.4, -0.2) is 92.0 Å². The van der Waals surface area contributed by atoms with Gasteiger partial charge in [0.05, 0.1) is 0 Å². The highest BCUT2D eigenvalue weighted by atomic mass is 28.4. The van der Waals surface area contributed by atoms with E-state index in [9.17, 15) is 0 Å². The summed E-state index contributed by atoms with van der Waals surface area (Å²) < 4.78 is 6.21. The lowest BCUT2D eigenvalue weighted by molar-refractivity contribution is 0.167. The van der Waals surface area contributed by atoms with Gasteiger partial charge in [-0.3, -0.25) is 0 Å². The summed E-state index contributed by atoms with van der Waals surface area (Å²) >= 11 is 0. The molecule has 4 nitrogen and oxygen atoms in total. The molecule has 0 radical (unpaired) electrons. The Bertz CT molecular complexity index is 278. The van der Waals surface area contributed by atoms with Crippen molar-refractivity contribution in [2.24, 2.45) is 5.41 Å². The molecular formula is C19H45N3OSi. The van der Waals surface area contributed by atoms with Crippen molar-refractivity contribution in [2.45, 2.75) is 51.2 Å². The van der Waals surface area contributed by atoms with Crippen molar-refractivity contribution >= 4 is 8.32 Å². The molecule has 0 amide bonds. The second kappa shape index (κ2) is 11.6. The van der Waals surface area contributed by atoms with Crippen molar-refractivity contribution in [3.8, 4) is 0 Å². The number of hydrogen-bond acceptors (Lipinski definition) is 4. The number of hydrogen-bond donors (Lipinski definition) is 0. The van der Waals surface area contributed by atoms with Gasteiger partial charge in [0.2, 0.25) is 0 Å². The van der Waals surface area contributed by atoms with Crippen LogP contribution in [0.1, 0.15) is 33.1 Å². The van der Waals surface area contributed by atoms with Gasteiger partial charge in [0, 0.05) is 7.11 Å². The van der Waals surface area contributed by atoms with E-state index in [0.717, 1.165) is 0 Å². The van der Waals surface area contributed by atoms with E-state index in [1.165, 1.54) is 57.0 Å². The van der Waals surface area contributed by atoms with Crippen LogP contribution in [0.3, 0.4) is 0 Å². The second-order valence-corrected chi connectivity index (χ2v) is 13.0. The average Bonchev–Trinajstić information content (AvgIpc) is 2.53. The van der Waals surface area contributed by atoms with Gasteiger partial charge in [-0.2, -0.15) is 0 Å². The van der Waals surface area contributed by atoms with Gasteiger partial charge in [-0.1, -0.05) is 13.8 Å². The van der Waals surface area contributed by atoms with Crippen molar-refractivity contribution in [3.05, 3.63) is 0 Å². The van der Waals surface area contributed by atoms with Crippen LogP contribution < -0.4 is 0 Å². The molecule has 24 heavy (non-hydrogen) atoms. The van der Waals surface area contributed by atoms with Crippen LogP contribution in [0, 0.1) is 5.41 Å². The zero-order valence-electron chi connectivity index (χ0n) is 18.1. The fraction of sp³-hybridized carbons (Fsp3) is 1.00. The Morgan fingerprint density at radius 3 is 1.25 bits per heavy atom. The Kier molecular flexibility index (Phi) is 11.7. The Morgan fingerprint density at radius 2 is 1.04 bits per heavy atom.